The van der Waals surface area contributed by atoms with Crippen molar-refractivity contribution in [2.24, 2.45) is 0 Å². The second-order valence-corrected chi connectivity index (χ2v) is 3.17. The van der Waals surface area contributed by atoms with Crippen molar-refractivity contribution in [2.45, 2.75) is 25.4 Å². The third-order valence-electron chi connectivity index (χ3n) is 2.14. The summed E-state index contributed by atoms with van der Waals surface area (Å²) in [6, 6.07) is 0. The second-order valence-electron chi connectivity index (χ2n) is 3.17. The molecule has 1 atom stereocenters. The molecule has 1 aromatic rings. The van der Waals surface area contributed by atoms with Gasteiger partial charge in [0.15, 0.2) is 5.82 Å². The highest BCUT2D eigenvalue weighted by Crippen LogP contribution is 2.31. The molecule has 1 fully saturated rings. The molecule has 0 amide bonds. The summed E-state index contributed by atoms with van der Waals surface area (Å²) in [5, 5.41) is 6.17. The highest BCUT2D eigenvalue weighted by Gasteiger charge is 2.39. The van der Waals surface area contributed by atoms with Crippen LogP contribution in [-0.2, 0) is 5.67 Å². The molecule has 0 bridgehead atoms. The monoisotopic (exact) mass is 188 g/mol. The van der Waals surface area contributed by atoms with Crippen LogP contribution in [0.15, 0.2) is 4.52 Å². The molecule has 0 unspecified atom stereocenters. The fraction of sp³-hybridized carbons (Fsp3) is 0.750. The molecular weight excluding hydrogens is 173 g/mol. The van der Waals surface area contributed by atoms with Gasteiger partial charge in [-0.05, 0) is 26.2 Å². The van der Waals surface area contributed by atoms with Gasteiger partial charge in [0.2, 0.25) is 5.67 Å². The number of hydrogen-bond donors (Lipinski definition) is 1. The smallest absolute Gasteiger partial charge is 0.265 e. The fourth-order valence-corrected chi connectivity index (χ4v) is 1.46. The summed E-state index contributed by atoms with van der Waals surface area (Å²) in [6.45, 7) is -1.64. The van der Waals surface area contributed by atoms with Crippen molar-refractivity contribution >= 4 is 0 Å². The van der Waals surface area contributed by atoms with Gasteiger partial charge in [-0.25, -0.2) is 4.39 Å². The Balaban J connectivity index is 2.24. The summed E-state index contributed by atoms with van der Waals surface area (Å²) in [6.07, 6.45) is 0.921. The summed E-state index contributed by atoms with van der Waals surface area (Å²) in [7, 11) is 0. The number of alkyl halides is 1. The summed E-state index contributed by atoms with van der Waals surface area (Å²) in [5.74, 6) is -0.684. The zero-order chi connectivity index (χ0) is 11.8. The lowest BCUT2D eigenvalue weighted by molar-refractivity contribution is 0.0785. The van der Waals surface area contributed by atoms with Gasteiger partial charge in [0.25, 0.3) is 5.89 Å². The molecule has 1 saturated heterocycles. The maximum atomic E-state index is 14.3. The Labute approximate surface area is 79.7 Å². The molecule has 1 aromatic heterocycles. The first-order valence-corrected chi connectivity index (χ1v) is 4.16. The van der Waals surface area contributed by atoms with E-state index in [2.05, 4.69) is 15.5 Å². The van der Waals surface area contributed by atoms with Crippen molar-refractivity contribution in [1.82, 2.24) is 15.5 Å². The van der Waals surface area contributed by atoms with Gasteiger partial charge in [-0.1, -0.05) is 5.16 Å². The van der Waals surface area contributed by atoms with Crippen molar-refractivity contribution in [1.29, 1.82) is 0 Å². The molecule has 0 aromatic carbocycles. The average Bonchev–Trinajstić information content (AvgIpc) is 2.67. The van der Waals surface area contributed by atoms with E-state index in [4.69, 9.17) is 8.64 Å². The molecule has 13 heavy (non-hydrogen) atoms. The predicted octanol–water partition coefficient (Wildman–Crippen LogP) is 0.926. The zero-order valence-electron chi connectivity index (χ0n) is 10.0. The molecule has 4 nitrogen and oxygen atoms in total. The van der Waals surface area contributed by atoms with Crippen LogP contribution in [0, 0.1) is 6.85 Å². The van der Waals surface area contributed by atoms with Crippen LogP contribution in [0.3, 0.4) is 0 Å². The first kappa shape index (κ1) is 5.70. The summed E-state index contributed by atoms with van der Waals surface area (Å²) >= 11 is 0. The Bertz CT molecular complexity index is 373. The first-order chi connectivity index (χ1) is 7.42. The maximum Gasteiger partial charge on any atom is 0.265 e. The first-order valence-electron chi connectivity index (χ1n) is 5.66. The van der Waals surface area contributed by atoms with Crippen LogP contribution in [-0.4, -0.2) is 23.2 Å². The van der Waals surface area contributed by atoms with Gasteiger partial charge in [0.1, 0.15) is 0 Å². The van der Waals surface area contributed by atoms with E-state index in [0.29, 0.717) is 6.42 Å². The van der Waals surface area contributed by atoms with Crippen LogP contribution in [0.4, 0.5) is 4.39 Å². The van der Waals surface area contributed by atoms with E-state index in [1.807, 2.05) is 0 Å². The van der Waals surface area contributed by atoms with Crippen molar-refractivity contribution in [3.8, 4) is 0 Å². The van der Waals surface area contributed by atoms with Crippen molar-refractivity contribution in [3.05, 3.63) is 11.7 Å². The number of nitrogens with one attached hydrogen (secondary N) is 1. The van der Waals surface area contributed by atoms with E-state index in [9.17, 15) is 4.39 Å². The Morgan fingerprint density at radius 1 is 1.77 bits per heavy atom. The van der Waals surface area contributed by atoms with Crippen LogP contribution in [0.1, 0.15) is 28.7 Å². The van der Waals surface area contributed by atoms with Crippen LogP contribution in [0.2, 0.25) is 0 Å². The van der Waals surface area contributed by atoms with Gasteiger partial charge in [-0.15, -0.1) is 0 Å². The Morgan fingerprint density at radius 2 is 2.69 bits per heavy atom. The van der Waals surface area contributed by atoms with Crippen molar-refractivity contribution in [2.75, 3.05) is 13.1 Å². The third-order valence-corrected chi connectivity index (χ3v) is 2.14. The number of rotatable bonds is 1. The summed E-state index contributed by atoms with van der Waals surface area (Å²) < 4.78 is 40.2. The lowest BCUT2D eigenvalue weighted by Crippen LogP contribution is -2.40. The van der Waals surface area contributed by atoms with Gasteiger partial charge < -0.3 is 9.84 Å². The lowest BCUT2D eigenvalue weighted by Gasteiger charge is -2.26. The Kier molecular flexibility index (Phi) is 1.34. The minimum absolute atomic E-state index is 0.0790. The minimum atomic E-state index is -2.46. The second kappa shape index (κ2) is 3.06. The van der Waals surface area contributed by atoms with E-state index in [1.165, 1.54) is 0 Å². The quantitative estimate of drug-likeness (QED) is 0.712. The standard InChI is InChI=1S/C8H12FN3O/c1-6-11-7(13-12-6)8(9)3-2-4-10-5-8/h10H,2-5H2,1H3/t8-/m0/s1/i1D3. The molecule has 1 N–H and O–H groups in total. The number of hydrogen-bond acceptors (Lipinski definition) is 4. The van der Waals surface area contributed by atoms with Gasteiger partial charge in [-0.3, -0.25) is 0 Å². The highest BCUT2D eigenvalue weighted by atomic mass is 19.1. The molecule has 0 radical (unpaired) electrons. The predicted molar refractivity (Wildman–Crippen MR) is 43.9 cm³/mol. The fourth-order valence-electron chi connectivity index (χ4n) is 1.46. The molecule has 1 aliphatic rings. The van der Waals surface area contributed by atoms with Crippen LogP contribution in [0.25, 0.3) is 0 Å². The van der Waals surface area contributed by atoms with E-state index in [0.717, 1.165) is 6.54 Å². The molecule has 1 aliphatic heterocycles. The van der Waals surface area contributed by atoms with E-state index >= 15 is 0 Å². The van der Waals surface area contributed by atoms with Crippen LogP contribution >= 0.6 is 0 Å². The van der Waals surface area contributed by atoms with Gasteiger partial charge >= 0.3 is 0 Å². The molecule has 2 rings (SSSR count). The summed E-state index contributed by atoms with van der Waals surface area (Å²) in [5.41, 5.74) is -1.74. The molecule has 0 saturated carbocycles. The van der Waals surface area contributed by atoms with Gasteiger partial charge in [-0.2, -0.15) is 4.98 Å². The minimum Gasteiger partial charge on any atom is -0.336 e. The van der Waals surface area contributed by atoms with Crippen LogP contribution < -0.4 is 5.32 Å². The SMILES string of the molecule is [2H]C([2H])([2H])c1noc([C@]2(F)CCCNC2)n1. The van der Waals surface area contributed by atoms with E-state index < -0.39 is 18.3 Å². The Hall–Kier alpha value is -0.970. The van der Waals surface area contributed by atoms with Crippen molar-refractivity contribution < 1.29 is 13.0 Å². The van der Waals surface area contributed by atoms with Gasteiger partial charge in [0, 0.05) is 10.7 Å². The Morgan fingerprint density at radius 3 is 3.31 bits per heavy atom. The van der Waals surface area contributed by atoms with Crippen LogP contribution in [0.5, 0.6) is 0 Å². The molecular formula is C8H12FN3O. The average molecular weight is 188 g/mol. The van der Waals surface area contributed by atoms with Crippen molar-refractivity contribution in [3.63, 3.8) is 0 Å². The summed E-state index contributed by atoms with van der Waals surface area (Å²) in [4.78, 5) is 3.62. The number of aromatic nitrogens is 2. The normalized spacial score (nSPS) is 33.5. The van der Waals surface area contributed by atoms with E-state index in [-0.39, 0.29) is 18.9 Å². The number of piperidine rings is 1. The molecule has 72 valence electrons. The lowest BCUT2D eigenvalue weighted by atomic mass is 9.96. The number of nitrogens with zero attached hydrogens (tertiary/aromatic N) is 2. The molecule has 0 spiro atoms. The third kappa shape index (κ3) is 1.56. The zero-order valence-corrected chi connectivity index (χ0v) is 7.01. The maximum absolute atomic E-state index is 14.3. The molecule has 2 heterocycles. The number of halogens is 1. The largest absolute Gasteiger partial charge is 0.336 e. The topological polar surface area (TPSA) is 51.0 Å². The van der Waals surface area contributed by atoms with Gasteiger partial charge in [0.05, 0.1) is 0 Å². The number of aryl methyl sites for hydroxylation is 1. The van der Waals surface area contributed by atoms with E-state index in [1.54, 1.807) is 0 Å². The highest BCUT2D eigenvalue weighted by molar-refractivity contribution is 5.01. The molecule has 5 heteroatoms. The molecule has 0 aliphatic carbocycles.